The van der Waals surface area contributed by atoms with E-state index in [-0.39, 0.29) is 0 Å². The minimum Gasteiger partial charge on any atom is -0.419 e. The fourth-order valence-corrected chi connectivity index (χ4v) is 2.73. The lowest BCUT2D eigenvalue weighted by Gasteiger charge is -2.36. The molecule has 0 aromatic heterocycles. The van der Waals surface area contributed by atoms with Gasteiger partial charge in [0.05, 0.1) is 0 Å². The Morgan fingerprint density at radius 2 is 1.89 bits per heavy atom. The molecule has 0 unspecified atom stereocenters. The third kappa shape index (κ3) is 2.36. The number of carbonyl (C=O) groups is 1. The maximum absolute atomic E-state index is 11.2. The van der Waals surface area contributed by atoms with Crippen LogP contribution in [0.4, 0.5) is 4.79 Å². The smallest absolute Gasteiger partial charge is 0.419 e. The Bertz CT molecular complexity index is 489. The number of carbonyl (C=O) groups excluding carboxylic acids is 1. The number of rotatable bonds is 2. The monoisotopic (exact) mass is 259 g/mol. The first-order valence-electron chi connectivity index (χ1n) is 6.54. The van der Waals surface area contributed by atoms with Gasteiger partial charge in [-0.1, -0.05) is 36.9 Å². The number of piperidine rings is 1. The highest BCUT2D eigenvalue weighted by molar-refractivity contribution is 5.66. The zero-order valence-corrected chi connectivity index (χ0v) is 10.8. The Labute approximate surface area is 112 Å². The van der Waals surface area contributed by atoms with Gasteiger partial charge in [0.15, 0.2) is 5.60 Å². The Morgan fingerprint density at radius 1 is 1.21 bits per heavy atom. The third-order valence-corrected chi connectivity index (χ3v) is 3.91. The largest absolute Gasteiger partial charge is 0.514 e. The number of ether oxygens (including phenoxy) is 2. The molecule has 4 nitrogen and oxygen atoms in total. The zero-order chi connectivity index (χ0) is 13.3. The molecule has 2 fully saturated rings. The molecule has 0 atom stereocenters. The molecule has 0 amide bonds. The van der Waals surface area contributed by atoms with Crippen LogP contribution in [0.25, 0.3) is 0 Å². The van der Waals surface area contributed by atoms with E-state index in [0.29, 0.717) is 5.76 Å². The third-order valence-electron chi connectivity index (χ3n) is 3.91. The van der Waals surface area contributed by atoms with Gasteiger partial charge >= 0.3 is 6.16 Å². The SMILES string of the molecule is C=C1OC(=O)OC12CCN(Cc1ccccc1)CC2. The highest BCUT2D eigenvalue weighted by Crippen LogP contribution is 2.38. The maximum atomic E-state index is 11.2. The van der Waals surface area contributed by atoms with E-state index in [0.717, 1.165) is 32.5 Å². The van der Waals surface area contributed by atoms with Crippen molar-refractivity contribution in [3.63, 3.8) is 0 Å². The summed E-state index contributed by atoms with van der Waals surface area (Å²) in [5.74, 6) is 0.469. The first kappa shape index (κ1) is 12.2. The van der Waals surface area contributed by atoms with Crippen LogP contribution in [0.3, 0.4) is 0 Å². The van der Waals surface area contributed by atoms with Crippen LogP contribution in [0.1, 0.15) is 18.4 Å². The molecule has 0 saturated carbocycles. The molecule has 1 spiro atoms. The van der Waals surface area contributed by atoms with Crippen LogP contribution in [0.15, 0.2) is 42.7 Å². The molecule has 2 aliphatic rings. The van der Waals surface area contributed by atoms with Gasteiger partial charge in [0.2, 0.25) is 0 Å². The number of cyclic esters (lactones) is 1. The number of nitrogens with zero attached hydrogens (tertiary/aromatic N) is 1. The van der Waals surface area contributed by atoms with Crippen LogP contribution in [0.2, 0.25) is 0 Å². The molecular formula is C15H17NO3. The van der Waals surface area contributed by atoms with Crippen molar-refractivity contribution in [1.29, 1.82) is 0 Å². The molecular weight excluding hydrogens is 242 g/mol. The van der Waals surface area contributed by atoms with Crippen molar-refractivity contribution in [2.24, 2.45) is 0 Å². The van der Waals surface area contributed by atoms with E-state index >= 15 is 0 Å². The van der Waals surface area contributed by atoms with Crippen LogP contribution < -0.4 is 0 Å². The van der Waals surface area contributed by atoms with Crippen molar-refractivity contribution in [2.45, 2.75) is 25.0 Å². The van der Waals surface area contributed by atoms with Gasteiger partial charge in [0.1, 0.15) is 5.76 Å². The van der Waals surface area contributed by atoms with Crippen molar-refractivity contribution in [3.05, 3.63) is 48.2 Å². The molecule has 3 rings (SSSR count). The predicted molar refractivity (Wildman–Crippen MR) is 70.4 cm³/mol. The van der Waals surface area contributed by atoms with E-state index in [9.17, 15) is 4.79 Å². The van der Waals surface area contributed by atoms with Crippen LogP contribution in [0, 0.1) is 0 Å². The summed E-state index contributed by atoms with van der Waals surface area (Å²) in [5.41, 5.74) is 0.724. The number of likely N-dealkylation sites (tertiary alicyclic amines) is 1. The standard InChI is InChI=1S/C15H17NO3/c1-12-15(19-14(17)18-12)7-9-16(10-8-15)11-13-5-3-2-4-6-13/h2-6H,1,7-11H2. The molecule has 2 aliphatic heterocycles. The topological polar surface area (TPSA) is 38.8 Å². The van der Waals surface area contributed by atoms with Crippen molar-refractivity contribution < 1.29 is 14.3 Å². The number of hydrogen-bond donors (Lipinski definition) is 0. The first-order chi connectivity index (χ1) is 9.18. The average Bonchev–Trinajstić information content (AvgIpc) is 2.68. The van der Waals surface area contributed by atoms with Crippen molar-refractivity contribution in [2.75, 3.05) is 13.1 Å². The fraction of sp³-hybridized carbons (Fsp3) is 0.400. The van der Waals surface area contributed by atoms with E-state index in [2.05, 4.69) is 35.7 Å². The fourth-order valence-electron chi connectivity index (χ4n) is 2.73. The van der Waals surface area contributed by atoms with Gasteiger partial charge in [-0.05, 0) is 5.56 Å². The van der Waals surface area contributed by atoms with Gasteiger partial charge in [-0.15, -0.1) is 0 Å². The van der Waals surface area contributed by atoms with E-state index < -0.39 is 11.8 Å². The van der Waals surface area contributed by atoms with Gasteiger partial charge in [0.25, 0.3) is 0 Å². The first-order valence-corrected chi connectivity index (χ1v) is 6.54. The Morgan fingerprint density at radius 3 is 2.47 bits per heavy atom. The average molecular weight is 259 g/mol. The minimum absolute atomic E-state index is 0.469. The van der Waals surface area contributed by atoms with Gasteiger partial charge in [0, 0.05) is 32.5 Å². The van der Waals surface area contributed by atoms with Crippen molar-refractivity contribution in [1.82, 2.24) is 4.90 Å². The highest BCUT2D eigenvalue weighted by atomic mass is 16.8. The van der Waals surface area contributed by atoms with Crippen molar-refractivity contribution >= 4 is 6.16 Å². The van der Waals surface area contributed by atoms with Gasteiger partial charge in [-0.3, -0.25) is 4.90 Å². The second-order valence-electron chi connectivity index (χ2n) is 5.13. The lowest BCUT2D eigenvalue weighted by molar-refractivity contribution is 0.0124. The Balaban J connectivity index is 1.61. The predicted octanol–water partition coefficient (Wildman–Crippen LogP) is 2.70. The lowest BCUT2D eigenvalue weighted by atomic mass is 9.89. The summed E-state index contributed by atoms with van der Waals surface area (Å²) in [6, 6.07) is 10.4. The van der Waals surface area contributed by atoms with E-state index in [4.69, 9.17) is 9.47 Å². The molecule has 100 valence electrons. The van der Waals surface area contributed by atoms with E-state index in [1.165, 1.54) is 5.56 Å². The van der Waals surface area contributed by atoms with Crippen molar-refractivity contribution in [3.8, 4) is 0 Å². The lowest BCUT2D eigenvalue weighted by Crippen LogP contribution is -2.44. The van der Waals surface area contributed by atoms with Crippen LogP contribution in [-0.2, 0) is 16.0 Å². The maximum Gasteiger partial charge on any atom is 0.514 e. The van der Waals surface area contributed by atoms with E-state index in [1.807, 2.05) is 6.07 Å². The summed E-state index contributed by atoms with van der Waals surface area (Å²) < 4.78 is 10.2. The van der Waals surface area contributed by atoms with Crippen LogP contribution >= 0.6 is 0 Å². The summed E-state index contributed by atoms with van der Waals surface area (Å²) in [7, 11) is 0. The molecule has 2 heterocycles. The van der Waals surface area contributed by atoms with Gasteiger partial charge < -0.3 is 9.47 Å². The summed E-state index contributed by atoms with van der Waals surface area (Å²) in [4.78, 5) is 13.5. The minimum atomic E-state index is -0.610. The number of benzene rings is 1. The summed E-state index contributed by atoms with van der Waals surface area (Å²) in [5, 5.41) is 0. The Kier molecular flexibility index (Phi) is 3.03. The molecule has 0 bridgehead atoms. The molecule has 1 aromatic rings. The summed E-state index contributed by atoms with van der Waals surface area (Å²) in [6.45, 7) is 6.49. The van der Waals surface area contributed by atoms with Gasteiger partial charge in [-0.2, -0.15) is 0 Å². The van der Waals surface area contributed by atoms with Crippen LogP contribution in [-0.4, -0.2) is 29.7 Å². The van der Waals surface area contributed by atoms with E-state index in [1.54, 1.807) is 0 Å². The molecule has 2 saturated heterocycles. The quantitative estimate of drug-likeness (QED) is 0.765. The molecule has 4 heteroatoms. The second kappa shape index (κ2) is 4.70. The van der Waals surface area contributed by atoms with Gasteiger partial charge in [-0.25, -0.2) is 4.79 Å². The zero-order valence-electron chi connectivity index (χ0n) is 10.8. The van der Waals surface area contributed by atoms with Crippen LogP contribution in [0.5, 0.6) is 0 Å². The molecule has 1 aromatic carbocycles. The molecule has 0 aliphatic carbocycles. The highest BCUT2D eigenvalue weighted by Gasteiger charge is 2.48. The summed E-state index contributed by atoms with van der Waals surface area (Å²) in [6.07, 6.45) is 0.899. The number of hydrogen-bond acceptors (Lipinski definition) is 4. The molecule has 0 N–H and O–H groups in total. The normalized spacial score (nSPS) is 22.3. The summed E-state index contributed by atoms with van der Waals surface area (Å²) >= 11 is 0. The Hall–Kier alpha value is -1.81. The second-order valence-corrected chi connectivity index (χ2v) is 5.13. The molecule has 19 heavy (non-hydrogen) atoms. The molecule has 0 radical (unpaired) electrons.